The third kappa shape index (κ3) is 6.25. The van der Waals surface area contributed by atoms with Crippen LogP contribution < -0.4 is 15.8 Å². The zero-order valence-corrected chi connectivity index (χ0v) is 21.4. The molecule has 2 bridgehead atoms. The Bertz CT molecular complexity index is 1300. The van der Waals surface area contributed by atoms with E-state index >= 15 is 0 Å². The van der Waals surface area contributed by atoms with Crippen molar-refractivity contribution >= 4 is 23.4 Å². The van der Waals surface area contributed by atoms with Crippen LogP contribution in [0.4, 0.5) is 13.2 Å². The molecule has 0 aliphatic carbocycles. The van der Waals surface area contributed by atoms with Crippen molar-refractivity contribution in [2.75, 3.05) is 13.1 Å². The van der Waals surface area contributed by atoms with Crippen molar-refractivity contribution in [2.24, 2.45) is 5.73 Å². The summed E-state index contributed by atoms with van der Waals surface area (Å²) in [7, 11) is 0. The van der Waals surface area contributed by atoms with E-state index in [2.05, 4.69) is 5.32 Å². The Morgan fingerprint density at radius 2 is 1.77 bits per heavy atom. The fourth-order valence-electron chi connectivity index (χ4n) is 5.29. The average molecular weight is 546 g/mol. The number of rotatable bonds is 10. The van der Waals surface area contributed by atoms with Crippen LogP contribution in [0.25, 0.3) is 5.57 Å². The van der Waals surface area contributed by atoms with Gasteiger partial charge in [0.1, 0.15) is 6.10 Å². The number of benzene rings is 2. The van der Waals surface area contributed by atoms with Gasteiger partial charge in [-0.05, 0) is 48.6 Å². The number of nitrogens with one attached hydrogen (secondary N) is 1. The van der Waals surface area contributed by atoms with Crippen molar-refractivity contribution in [1.29, 1.82) is 0 Å². The van der Waals surface area contributed by atoms with E-state index in [1.807, 2.05) is 0 Å². The molecule has 208 valence electrons. The maximum Gasteiger partial charge on any atom is 0.334 e. The number of primary amides is 1. The number of hydrogen-bond donors (Lipinski definition) is 3. The number of piperazine rings is 1. The predicted octanol–water partition coefficient (Wildman–Crippen LogP) is 3.18. The van der Waals surface area contributed by atoms with Crippen molar-refractivity contribution in [3.05, 3.63) is 70.5 Å². The van der Waals surface area contributed by atoms with Gasteiger partial charge < -0.3 is 25.8 Å². The molecule has 2 aliphatic heterocycles. The van der Waals surface area contributed by atoms with E-state index in [1.54, 1.807) is 36.1 Å². The zero-order valence-electron chi connectivity index (χ0n) is 21.4. The summed E-state index contributed by atoms with van der Waals surface area (Å²) in [6, 6.07) is 7.69. The largest absolute Gasteiger partial charge is 0.484 e. The molecule has 11 heteroatoms. The normalized spacial score (nSPS) is 19.5. The van der Waals surface area contributed by atoms with Crippen molar-refractivity contribution in [3.8, 4) is 5.75 Å². The molecule has 2 heterocycles. The number of nitrogens with two attached hydrogens (primary N) is 1. The average Bonchev–Trinajstić information content (AvgIpc) is 2.88. The van der Waals surface area contributed by atoms with Crippen LogP contribution in [0.2, 0.25) is 0 Å². The first-order chi connectivity index (χ1) is 18.6. The van der Waals surface area contributed by atoms with Gasteiger partial charge in [0.15, 0.2) is 17.4 Å². The van der Waals surface area contributed by atoms with Crippen LogP contribution in [0.1, 0.15) is 43.7 Å². The predicted molar refractivity (Wildman–Crippen MR) is 136 cm³/mol. The minimum atomic E-state index is -1.39. The Kier molecular flexibility index (Phi) is 8.59. The zero-order chi connectivity index (χ0) is 28.3. The Balaban J connectivity index is 1.52. The first kappa shape index (κ1) is 28.2. The molecule has 2 aromatic carbocycles. The molecular formula is C28H30F3N3O5. The number of carboxylic acids is 1. The molecule has 4 rings (SSSR count). The molecule has 2 aromatic rings. The molecular weight excluding hydrogens is 515 g/mol. The van der Waals surface area contributed by atoms with Crippen LogP contribution in [-0.2, 0) is 20.8 Å². The highest BCUT2D eigenvalue weighted by molar-refractivity contribution is 6.00. The number of ether oxygens (including phenoxy) is 1. The second-order valence-electron chi connectivity index (χ2n) is 9.85. The topological polar surface area (TPSA) is 122 Å². The highest BCUT2D eigenvalue weighted by Crippen LogP contribution is 2.37. The number of nitrogens with zero attached hydrogens (tertiary/aromatic N) is 1. The lowest BCUT2D eigenvalue weighted by molar-refractivity contribution is -0.139. The lowest BCUT2D eigenvalue weighted by Crippen LogP contribution is -2.62. The van der Waals surface area contributed by atoms with Crippen molar-refractivity contribution in [3.63, 3.8) is 0 Å². The van der Waals surface area contributed by atoms with Crippen molar-refractivity contribution < 1.29 is 37.4 Å². The van der Waals surface area contributed by atoms with E-state index in [-0.39, 0.29) is 36.8 Å². The third-order valence-electron chi connectivity index (χ3n) is 7.02. The number of amides is 2. The van der Waals surface area contributed by atoms with Crippen LogP contribution in [-0.4, -0.2) is 59.1 Å². The standard InChI is InChI=1S/C28H30F3N3O5/c1-15(39-27-21(30)10-9-20(29)26(27)31)11-16-5-7-17(8-6-16)19-12-18-13-33-14-22(25(19)28(37)38)34(18)24(36)4-2-3-23(32)35/h5-10,15,18,22,33H,2-4,11-14H2,1H3,(H2,32,35)(H,37,38). The molecule has 1 saturated heterocycles. The molecule has 39 heavy (non-hydrogen) atoms. The summed E-state index contributed by atoms with van der Waals surface area (Å²) in [4.78, 5) is 38.1. The lowest BCUT2D eigenvalue weighted by Gasteiger charge is -2.47. The van der Waals surface area contributed by atoms with Crippen LogP contribution in [0.15, 0.2) is 42.0 Å². The smallest absolute Gasteiger partial charge is 0.334 e. The molecule has 2 amide bonds. The molecule has 4 N–H and O–H groups in total. The first-order valence-corrected chi connectivity index (χ1v) is 12.7. The summed E-state index contributed by atoms with van der Waals surface area (Å²) in [5.41, 5.74) is 7.42. The van der Waals surface area contributed by atoms with Gasteiger partial charge in [-0.25, -0.2) is 13.6 Å². The molecule has 3 unspecified atom stereocenters. The number of carboxylic acid groups (broad SMARTS) is 1. The first-order valence-electron chi connectivity index (χ1n) is 12.7. The van der Waals surface area contributed by atoms with E-state index in [4.69, 9.17) is 10.5 Å². The minimum absolute atomic E-state index is 0.0855. The van der Waals surface area contributed by atoms with Crippen molar-refractivity contribution in [2.45, 2.75) is 57.2 Å². The Morgan fingerprint density at radius 3 is 2.44 bits per heavy atom. The van der Waals surface area contributed by atoms with Crippen LogP contribution >= 0.6 is 0 Å². The van der Waals surface area contributed by atoms with Gasteiger partial charge in [-0.1, -0.05) is 24.3 Å². The molecule has 3 atom stereocenters. The summed E-state index contributed by atoms with van der Waals surface area (Å²) in [5, 5.41) is 13.3. The van der Waals surface area contributed by atoms with Crippen LogP contribution in [0.3, 0.4) is 0 Å². The number of halogens is 3. The number of fused-ring (bicyclic) bond motifs is 2. The number of carbonyl (C=O) groups excluding carboxylic acids is 2. The Morgan fingerprint density at radius 1 is 1.08 bits per heavy atom. The third-order valence-corrected chi connectivity index (χ3v) is 7.02. The highest BCUT2D eigenvalue weighted by Gasteiger charge is 2.43. The highest BCUT2D eigenvalue weighted by atomic mass is 19.2. The second kappa shape index (κ2) is 11.9. The van der Waals surface area contributed by atoms with Crippen LogP contribution in [0, 0.1) is 17.5 Å². The SMILES string of the molecule is CC(Cc1ccc(C2=C(C(=O)O)C3CNCC(C2)N3C(=O)CCCC(N)=O)cc1)Oc1c(F)ccc(F)c1F. The van der Waals surface area contributed by atoms with Crippen LogP contribution in [0.5, 0.6) is 5.75 Å². The van der Waals surface area contributed by atoms with Gasteiger partial charge in [-0.2, -0.15) is 4.39 Å². The Labute approximate surface area is 223 Å². The van der Waals surface area contributed by atoms with E-state index in [0.29, 0.717) is 43.1 Å². The summed E-state index contributed by atoms with van der Waals surface area (Å²) >= 11 is 0. The fraction of sp³-hybridized carbons (Fsp3) is 0.393. The monoisotopic (exact) mass is 545 g/mol. The van der Waals surface area contributed by atoms with E-state index in [9.17, 15) is 32.7 Å². The fourth-order valence-corrected chi connectivity index (χ4v) is 5.29. The van der Waals surface area contributed by atoms with E-state index in [0.717, 1.165) is 11.6 Å². The maximum atomic E-state index is 13.9. The molecule has 0 saturated carbocycles. The molecule has 1 fully saturated rings. The quantitative estimate of drug-likeness (QED) is 0.395. The second-order valence-corrected chi connectivity index (χ2v) is 9.85. The van der Waals surface area contributed by atoms with Gasteiger partial charge in [0.05, 0.1) is 11.6 Å². The molecule has 2 aliphatic rings. The van der Waals surface area contributed by atoms with Gasteiger partial charge >= 0.3 is 5.97 Å². The van der Waals surface area contributed by atoms with Gasteiger partial charge in [-0.15, -0.1) is 0 Å². The lowest BCUT2D eigenvalue weighted by atomic mass is 9.82. The van der Waals surface area contributed by atoms with Gasteiger partial charge in [0, 0.05) is 38.4 Å². The van der Waals surface area contributed by atoms with Gasteiger partial charge in [0.25, 0.3) is 0 Å². The summed E-state index contributed by atoms with van der Waals surface area (Å²) in [6.45, 7) is 2.41. The Hall–Kier alpha value is -3.86. The molecule has 8 nitrogen and oxygen atoms in total. The maximum absolute atomic E-state index is 13.9. The molecule has 0 spiro atoms. The van der Waals surface area contributed by atoms with Crippen molar-refractivity contribution in [1.82, 2.24) is 10.2 Å². The number of carbonyl (C=O) groups is 3. The molecule has 0 aromatic heterocycles. The molecule has 0 radical (unpaired) electrons. The number of hydrogen-bond acceptors (Lipinski definition) is 5. The number of aliphatic carboxylic acids is 1. The van der Waals surface area contributed by atoms with E-state index in [1.165, 1.54) is 0 Å². The van der Waals surface area contributed by atoms with Gasteiger partial charge in [-0.3, -0.25) is 9.59 Å². The summed E-state index contributed by atoms with van der Waals surface area (Å²) < 4.78 is 46.7. The summed E-state index contributed by atoms with van der Waals surface area (Å²) in [5.74, 6) is -6.17. The van der Waals surface area contributed by atoms with E-state index < -0.39 is 47.2 Å². The minimum Gasteiger partial charge on any atom is -0.484 e. The summed E-state index contributed by atoms with van der Waals surface area (Å²) in [6.07, 6.45) is 0.425. The van der Waals surface area contributed by atoms with Gasteiger partial charge in [0.2, 0.25) is 17.6 Å².